The normalized spacial score (nSPS) is 13.1. The molecule has 17 heavy (non-hydrogen) atoms. The molecule has 0 saturated heterocycles. The molecule has 0 aromatic carbocycles. The first kappa shape index (κ1) is 17.0. The van der Waals surface area contributed by atoms with Gasteiger partial charge in [0.05, 0.1) is 0 Å². The molecule has 0 fully saturated rings. The average molecular weight is 268 g/mol. The summed E-state index contributed by atoms with van der Waals surface area (Å²) in [6, 6.07) is 0. The third-order valence-corrected chi connectivity index (χ3v) is 5.53. The molecule has 0 aliphatic carbocycles. The topological polar surface area (TPSA) is 55.4 Å². The Hall–Kier alpha value is -0.0231. The van der Waals surface area contributed by atoms with Gasteiger partial charge in [0.2, 0.25) is 0 Å². The van der Waals surface area contributed by atoms with Crippen LogP contribution in [0.4, 0.5) is 0 Å². The maximum absolute atomic E-state index is 5.73. The summed E-state index contributed by atoms with van der Waals surface area (Å²) in [5, 5.41) is 0. The predicted molar refractivity (Wildman–Crippen MR) is 64.4 cm³/mol. The number of hydrogen-bond donors (Lipinski definition) is 0. The molecule has 7 heteroatoms. The zero-order chi connectivity index (χ0) is 13.4. The predicted octanol–water partition coefficient (Wildman–Crippen LogP) is 1.17. The fourth-order valence-corrected chi connectivity index (χ4v) is 3.76. The van der Waals surface area contributed by atoms with Gasteiger partial charge in [-0.05, 0) is 6.42 Å². The molecule has 104 valence electrons. The molecule has 0 unspecified atom stereocenters. The van der Waals surface area contributed by atoms with Crippen molar-refractivity contribution in [2.75, 3.05) is 42.2 Å². The van der Waals surface area contributed by atoms with Gasteiger partial charge in [-0.25, -0.2) is 0 Å². The fourth-order valence-electron chi connectivity index (χ4n) is 1.52. The van der Waals surface area contributed by atoms with E-state index >= 15 is 0 Å². The lowest BCUT2D eigenvalue weighted by Gasteiger charge is -2.39. The minimum Gasteiger partial charge on any atom is -0.372 e. The molecule has 0 spiro atoms. The van der Waals surface area contributed by atoms with E-state index in [1.165, 1.54) is 35.5 Å². The SMILES string of the molecule is CCCCO[Si](OC)(OC)C(OC)(OC)OC. The van der Waals surface area contributed by atoms with E-state index in [1.54, 1.807) is 0 Å². The monoisotopic (exact) mass is 268 g/mol. The van der Waals surface area contributed by atoms with Crippen LogP contribution >= 0.6 is 0 Å². The number of hydrogen-bond acceptors (Lipinski definition) is 6. The van der Waals surface area contributed by atoms with E-state index in [-0.39, 0.29) is 0 Å². The lowest BCUT2D eigenvalue weighted by Crippen LogP contribution is -2.67. The molecule has 0 rings (SSSR count). The summed E-state index contributed by atoms with van der Waals surface area (Å²) in [7, 11) is 4.12. The van der Waals surface area contributed by atoms with Crippen LogP contribution in [-0.2, 0) is 27.5 Å². The maximum Gasteiger partial charge on any atom is 0.596 e. The largest absolute Gasteiger partial charge is 0.596 e. The quantitative estimate of drug-likeness (QED) is 0.337. The van der Waals surface area contributed by atoms with Gasteiger partial charge in [-0.15, -0.1) is 0 Å². The second kappa shape index (κ2) is 8.14. The Labute approximate surface area is 104 Å². The van der Waals surface area contributed by atoms with E-state index in [9.17, 15) is 0 Å². The Morgan fingerprint density at radius 2 is 1.35 bits per heavy atom. The van der Waals surface area contributed by atoms with E-state index in [2.05, 4.69) is 6.92 Å². The third-order valence-electron chi connectivity index (χ3n) is 2.51. The Morgan fingerprint density at radius 1 is 0.882 bits per heavy atom. The van der Waals surface area contributed by atoms with Gasteiger partial charge in [0, 0.05) is 42.2 Å². The van der Waals surface area contributed by atoms with Crippen molar-refractivity contribution in [3.63, 3.8) is 0 Å². The number of rotatable bonds is 10. The van der Waals surface area contributed by atoms with Crippen LogP contribution in [0.1, 0.15) is 19.8 Å². The summed E-state index contributed by atoms with van der Waals surface area (Å²) in [5.74, 6) is 0. The number of ether oxygens (including phenoxy) is 3. The fraction of sp³-hybridized carbons (Fsp3) is 1.00. The highest BCUT2D eigenvalue weighted by atomic mass is 28.4. The van der Waals surface area contributed by atoms with Gasteiger partial charge < -0.3 is 27.5 Å². The van der Waals surface area contributed by atoms with Gasteiger partial charge in [0.15, 0.2) is 0 Å². The molecule has 0 aromatic rings. The highest BCUT2D eigenvalue weighted by molar-refractivity contribution is 6.63. The van der Waals surface area contributed by atoms with Gasteiger partial charge >= 0.3 is 14.4 Å². The van der Waals surface area contributed by atoms with Crippen molar-refractivity contribution >= 4 is 8.80 Å². The second-order valence-electron chi connectivity index (χ2n) is 3.34. The smallest absolute Gasteiger partial charge is 0.372 e. The lowest BCUT2D eigenvalue weighted by molar-refractivity contribution is -0.327. The molecule has 0 aromatic heterocycles. The van der Waals surface area contributed by atoms with Crippen molar-refractivity contribution in [3.8, 4) is 0 Å². The van der Waals surface area contributed by atoms with Crippen LogP contribution < -0.4 is 0 Å². The lowest BCUT2D eigenvalue weighted by atomic mass is 10.4. The molecular formula is C10H24O6Si. The molecule has 0 heterocycles. The van der Waals surface area contributed by atoms with E-state index in [1.807, 2.05) is 0 Å². The first-order valence-corrected chi connectivity index (χ1v) is 7.24. The van der Waals surface area contributed by atoms with Crippen molar-refractivity contribution in [2.45, 2.75) is 25.4 Å². The molecule has 0 radical (unpaired) electrons. The first-order valence-electron chi connectivity index (χ1n) is 5.51. The van der Waals surface area contributed by atoms with Gasteiger partial charge in [0.25, 0.3) is 0 Å². The summed E-state index contributed by atoms with van der Waals surface area (Å²) in [6.07, 6.45) is 1.91. The van der Waals surface area contributed by atoms with Gasteiger partial charge in [-0.1, -0.05) is 13.3 Å². The van der Waals surface area contributed by atoms with Crippen LogP contribution in [0.2, 0.25) is 0 Å². The standard InChI is InChI=1S/C10H24O6Si/c1-7-8-9-16-17(14-5,15-6)10(11-2,12-3)13-4/h7-9H2,1-6H3. The summed E-state index contributed by atoms with van der Waals surface area (Å²) < 4.78 is 32.3. The van der Waals surface area contributed by atoms with Crippen LogP contribution in [0.15, 0.2) is 0 Å². The van der Waals surface area contributed by atoms with E-state index in [4.69, 9.17) is 27.5 Å². The van der Waals surface area contributed by atoms with Gasteiger partial charge in [0.1, 0.15) is 0 Å². The van der Waals surface area contributed by atoms with Crippen molar-refractivity contribution in [2.24, 2.45) is 0 Å². The summed E-state index contributed by atoms with van der Waals surface area (Å²) in [6.45, 7) is 2.57. The zero-order valence-corrected chi connectivity index (χ0v) is 12.6. The first-order chi connectivity index (χ1) is 8.11. The van der Waals surface area contributed by atoms with Crippen LogP contribution in [-0.4, -0.2) is 56.6 Å². The Balaban J connectivity index is 4.98. The van der Waals surface area contributed by atoms with Crippen LogP contribution in [0, 0.1) is 0 Å². The molecule has 0 aliphatic rings. The summed E-state index contributed by atoms with van der Waals surface area (Å²) in [4.78, 5) is 0. The molecule has 0 atom stereocenters. The minimum absolute atomic E-state index is 0.502. The van der Waals surface area contributed by atoms with Crippen molar-refractivity contribution in [1.29, 1.82) is 0 Å². The van der Waals surface area contributed by atoms with E-state index in [0.29, 0.717) is 6.61 Å². The van der Waals surface area contributed by atoms with Crippen LogP contribution in [0.5, 0.6) is 0 Å². The van der Waals surface area contributed by atoms with Gasteiger partial charge in [-0.2, -0.15) is 0 Å². The Kier molecular flexibility index (Phi) is 8.13. The highest BCUT2D eigenvalue weighted by Gasteiger charge is 2.65. The van der Waals surface area contributed by atoms with E-state index < -0.39 is 14.4 Å². The van der Waals surface area contributed by atoms with E-state index in [0.717, 1.165) is 12.8 Å². The third kappa shape index (κ3) is 3.47. The Morgan fingerprint density at radius 3 is 1.65 bits per heavy atom. The molecule has 0 bridgehead atoms. The molecule has 0 aliphatic heterocycles. The Bertz CT molecular complexity index is 185. The molecule has 0 saturated carbocycles. The minimum atomic E-state index is -3.23. The number of methoxy groups -OCH3 is 3. The molecular weight excluding hydrogens is 244 g/mol. The van der Waals surface area contributed by atoms with Gasteiger partial charge in [-0.3, -0.25) is 0 Å². The molecule has 0 N–H and O–H groups in total. The van der Waals surface area contributed by atoms with Crippen LogP contribution in [0.3, 0.4) is 0 Å². The van der Waals surface area contributed by atoms with Crippen LogP contribution in [0.25, 0.3) is 0 Å². The molecule has 0 amide bonds. The van der Waals surface area contributed by atoms with Crippen molar-refractivity contribution in [1.82, 2.24) is 0 Å². The maximum atomic E-state index is 5.73. The number of unbranched alkanes of at least 4 members (excludes halogenated alkanes) is 1. The summed E-state index contributed by atoms with van der Waals surface area (Å²) in [5.41, 5.74) is -1.44. The molecule has 6 nitrogen and oxygen atoms in total. The van der Waals surface area contributed by atoms with Crippen molar-refractivity contribution in [3.05, 3.63) is 0 Å². The summed E-state index contributed by atoms with van der Waals surface area (Å²) >= 11 is 0. The second-order valence-corrected chi connectivity index (χ2v) is 6.16. The van der Waals surface area contributed by atoms with Crippen molar-refractivity contribution < 1.29 is 27.5 Å². The average Bonchev–Trinajstić information content (AvgIpc) is 2.39. The zero-order valence-electron chi connectivity index (χ0n) is 11.6. The highest BCUT2D eigenvalue weighted by Crippen LogP contribution is 2.28.